The number of anilines is 1. The summed E-state index contributed by atoms with van der Waals surface area (Å²) in [6, 6.07) is 27.3. The standard InChI is InChI=1S/C24H25N3O2S/c1-27(17-19-10-5-3-6-11-19)24(26-20-12-7-4-8-13-20)30-18-23(28)25-21-14-9-15-22(16-21)29-2/h3-16H,17-18H2,1-2H3,(H,25,28). The molecule has 0 fully saturated rings. The van der Waals surface area contributed by atoms with Gasteiger partial charge in [-0.1, -0.05) is 66.4 Å². The van der Waals surface area contributed by atoms with Gasteiger partial charge in [0.1, 0.15) is 5.75 Å². The average molecular weight is 420 g/mol. The zero-order valence-corrected chi connectivity index (χ0v) is 17.9. The van der Waals surface area contributed by atoms with Crippen molar-refractivity contribution in [1.82, 2.24) is 4.90 Å². The normalized spacial score (nSPS) is 11.1. The number of thioether (sulfide) groups is 1. The number of carbonyl (C=O) groups is 1. The zero-order chi connectivity index (χ0) is 21.2. The zero-order valence-electron chi connectivity index (χ0n) is 17.1. The van der Waals surface area contributed by atoms with E-state index < -0.39 is 0 Å². The summed E-state index contributed by atoms with van der Waals surface area (Å²) in [6.07, 6.45) is 0. The molecule has 6 heteroatoms. The van der Waals surface area contributed by atoms with E-state index in [0.29, 0.717) is 18.0 Å². The van der Waals surface area contributed by atoms with E-state index in [1.54, 1.807) is 13.2 Å². The van der Waals surface area contributed by atoms with Gasteiger partial charge in [-0.25, -0.2) is 4.99 Å². The van der Waals surface area contributed by atoms with Crippen molar-refractivity contribution in [1.29, 1.82) is 0 Å². The van der Waals surface area contributed by atoms with E-state index in [1.807, 2.05) is 73.8 Å². The Morgan fingerprint density at radius 3 is 2.40 bits per heavy atom. The van der Waals surface area contributed by atoms with Crippen LogP contribution in [0.5, 0.6) is 5.75 Å². The molecule has 0 aliphatic rings. The molecule has 0 bridgehead atoms. The third-order valence-electron chi connectivity index (χ3n) is 4.26. The monoisotopic (exact) mass is 419 g/mol. The quantitative estimate of drug-likeness (QED) is 0.423. The van der Waals surface area contributed by atoms with E-state index >= 15 is 0 Å². The Balaban J connectivity index is 1.68. The summed E-state index contributed by atoms with van der Waals surface area (Å²) in [5.41, 5.74) is 2.74. The second-order valence-corrected chi connectivity index (χ2v) is 7.58. The molecule has 1 N–H and O–H groups in total. The number of ether oxygens (including phenoxy) is 1. The minimum Gasteiger partial charge on any atom is -0.497 e. The topological polar surface area (TPSA) is 53.9 Å². The Bertz CT molecular complexity index is 978. The van der Waals surface area contributed by atoms with Crippen molar-refractivity contribution in [2.45, 2.75) is 6.54 Å². The Morgan fingerprint density at radius 2 is 1.70 bits per heavy atom. The van der Waals surface area contributed by atoms with Crippen molar-refractivity contribution in [3.05, 3.63) is 90.5 Å². The first-order valence-electron chi connectivity index (χ1n) is 9.59. The molecule has 0 heterocycles. The van der Waals surface area contributed by atoms with Crippen molar-refractivity contribution in [2.24, 2.45) is 4.99 Å². The average Bonchev–Trinajstić information content (AvgIpc) is 2.78. The maximum absolute atomic E-state index is 12.5. The molecule has 3 aromatic rings. The first kappa shape index (κ1) is 21.5. The summed E-state index contributed by atoms with van der Waals surface area (Å²) < 4.78 is 5.21. The molecule has 0 aliphatic heterocycles. The molecule has 0 radical (unpaired) electrons. The summed E-state index contributed by atoms with van der Waals surface area (Å²) in [5, 5.41) is 3.69. The predicted octanol–water partition coefficient (Wildman–Crippen LogP) is 5.19. The van der Waals surface area contributed by atoms with Crippen molar-refractivity contribution in [3.8, 4) is 5.75 Å². The molecule has 154 valence electrons. The molecule has 0 aromatic heterocycles. The highest BCUT2D eigenvalue weighted by Gasteiger charge is 2.12. The van der Waals surface area contributed by atoms with Crippen LogP contribution in [0.1, 0.15) is 5.56 Å². The van der Waals surface area contributed by atoms with Crippen LogP contribution in [0.15, 0.2) is 89.9 Å². The van der Waals surface area contributed by atoms with Gasteiger partial charge >= 0.3 is 0 Å². The molecule has 0 atom stereocenters. The van der Waals surface area contributed by atoms with E-state index in [2.05, 4.69) is 22.3 Å². The van der Waals surface area contributed by atoms with Crippen LogP contribution >= 0.6 is 11.8 Å². The second kappa shape index (κ2) is 11.1. The molecule has 0 aliphatic carbocycles. The Morgan fingerprint density at radius 1 is 1.00 bits per heavy atom. The second-order valence-electron chi connectivity index (χ2n) is 6.64. The highest BCUT2D eigenvalue weighted by Crippen LogP contribution is 2.20. The highest BCUT2D eigenvalue weighted by molar-refractivity contribution is 8.14. The van der Waals surface area contributed by atoms with Crippen LogP contribution in [-0.4, -0.2) is 35.9 Å². The fourth-order valence-electron chi connectivity index (χ4n) is 2.79. The maximum atomic E-state index is 12.5. The van der Waals surface area contributed by atoms with Crippen molar-refractivity contribution in [3.63, 3.8) is 0 Å². The lowest BCUT2D eigenvalue weighted by Crippen LogP contribution is -2.25. The number of hydrogen-bond acceptors (Lipinski definition) is 4. The fraction of sp³-hybridized carbons (Fsp3) is 0.167. The summed E-state index contributed by atoms with van der Waals surface area (Å²) in [5.74, 6) is 0.860. The molecule has 0 unspecified atom stereocenters. The minimum atomic E-state index is -0.0953. The maximum Gasteiger partial charge on any atom is 0.234 e. The number of carbonyl (C=O) groups excluding carboxylic acids is 1. The fourth-order valence-corrected chi connectivity index (χ4v) is 3.58. The van der Waals surface area contributed by atoms with Gasteiger partial charge in [-0.3, -0.25) is 4.79 Å². The number of rotatable bonds is 7. The predicted molar refractivity (Wildman–Crippen MR) is 126 cm³/mol. The molecule has 3 rings (SSSR count). The molecule has 5 nitrogen and oxygen atoms in total. The van der Waals surface area contributed by atoms with Crippen LogP contribution < -0.4 is 10.1 Å². The van der Waals surface area contributed by atoms with E-state index in [0.717, 1.165) is 10.9 Å². The van der Waals surface area contributed by atoms with Gasteiger partial charge in [-0.2, -0.15) is 0 Å². The molecule has 0 saturated heterocycles. The SMILES string of the molecule is COc1cccc(NC(=O)CSC(=Nc2ccccc2)N(C)Cc2ccccc2)c1. The van der Waals surface area contributed by atoms with Gasteiger partial charge in [0.2, 0.25) is 5.91 Å². The number of benzene rings is 3. The Labute approximate surface area is 181 Å². The van der Waals surface area contributed by atoms with E-state index in [9.17, 15) is 4.79 Å². The van der Waals surface area contributed by atoms with Gasteiger partial charge in [0.15, 0.2) is 5.17 Å². The lowest BCUT2D eigenvalue weighted by atomic mass is 10.2. The Kier molecular flexibility index (Phi) is 7.92. The number of para-hydroxylation sites is 1. The lowest BCUT2D eigenvalue weighted by molar-refractivity contribution is -0.113. The summed E-state index contributed by atoms with van der Waals surface area (Å²) in [4.78, 5) is 19.3. The Hall–Kier alpha value is -3.25. The summed E-state index contributed by atoms with van der Waals surface area (Å²) in [6.45, 7) is 0.705. The van der Waals surface area contributed by atoms with E-state index in [-0.39, 0.29) is 11.7 Å². The van der Waals surface area contributed by atoms with Crippen molar-refractivity contribution < 1.29 is 9.53 Å². The number of hydrogen-bond donors (Lipinski definition) is 1. The first-order valence-corrected chi connectivity index (χ1v) is 10.6. The van der Waals surface area contributed by atoms with Crippen molar-refractivity contribution in [2.75, 3.05) is 25.2 Å². The highest BCUT2D eigenvalue weighted by atomic mass is 32.2. The first-order chi connectivity index (χ1) is 14.6. The van der Waals surface area contributed by atoms with Crippen LogP contribution in [0.3, 0.4) is 0 Å². The third-order valence-corrected chi connectivity index (χ3v) is 5.32. The summed E-state index contributed by atoms with van der Waals surface area (Å²) in [7, 11) is 3.59. The molecule has 0 saturated carbocycles. The number of amidine groups is 1. The van der Waals surface area contributed by atoms with Gasteiger partial charge in [0.25, 0.3) is 0 Å². The number of methoxy groups -OCH3 is 1. The van der Waals surface area contributed by atoms with Crippen LogP contribution in [0.2, 0.25) is 0 Å². The van der Waals surface area contributed by atoms with E-state index in [1.165, 1.54) is 17.3 Å². The number of nitrogens with zero attached hydrogens (tertiary/aromatic N) is 2. The largest absolute Gasteiger partial charge is 0.497 e. The van der Waals surface area contributed by atoms with Crippen molar-refractivity contribution >= 4 is 34.2 Å². The smallest absolute Gasteiger partial charge is 0.234 e. The number of aliphatic imine (C=N–C) groups is 1. The number of amides is 1. The van der Waals surface area contributed by atoms with Crippen LogP contribution in [-0.2, 0) is 11.3 Å². The molecular formula is C24H25N3O2S. The minimum absolute atomic E-state index is 0.0953. The van der Waals surface area contributed by atoms with Gasteiger partial charge < -0.3 is 15.0 Å². The van der Waals surface area contributed by atoms with Gasteiger partial charge in [0, 0.05) is 25.3 Å². The van der Waals surface area contributed by atoms with Gasteiger partial charge in [0.05, 0.1) is 18.6 Å². The molecular weight excluding hydrogens is 394 g/mol. The van der Waals surface area contributed by atoms with Gasteiger partial charge in [-0.15, -0.1) is 0 Å². The molecule has 3 aromatic carbocycles. The van der Waals surface area contributed by atoms with Gasteiger partial charge in [-0.05, 0) is 29.8 Å². The third kappa shape index (κ3) is 6.67. The van der Waals surface area contributed by atoms with Crippen LogP contribution in [0.4, 0.5) is 11.4 Å². The molecule has 0 spiro atoms. The van der Waals surface area contributed by atoms with Crippen LogP contribution in [0.25, 0.3) is 0 Å². The lowest BCUT2D eigenvalue weighted by Gasteiger charge is -2.21. The number of nitrogens with one attached hydrogen (secondary N) is 1. The molecule has 30 heavy (non-hydrogen) atoms. The van der Waals surface area contributed by atoms with Crippen LogP contribution in [0, 0.1) is 0 Å². The molecule has 1 amide bonds. The summed E-state index contributed by atoms with van der Waals surface area (Å²) >= 11 is 1.41. The van der Waals surface area contributed by atoms with E-state index in [4.69, 9.17) is 9.73 Å².